The van der Waals surface area contributed by atoms with Gasteiger partial charge < -0.3 is 10.3 Å². The molecule has 0 spiro atoms. The number of nitrogens with two attached hydrogens (primary N) is 1. The Balaban J connectivity index is 2.02. The largest absolute Gasteiger partial charge is 0.367 e. The Bertz CT molecular complexity index is 533. The molecule has 1 aliphatic carbocycles. The molecule has 0 saturated heterocycles. The van der Waals surface area contributed by atoms with E-state index in [0.717, 1.165) is 17.7 Å². The Labute approximate surface area is 111 Å². The lowest BCUT2D eigenvalue weighted by Gasteiger charge is -1.95. The predicted octanol–water partition coefficient (Wildman–Crippen LogP) is 3.82. The van der Waals surface area contributed by atoms with Crippen molar-refractivity contribution in [1.82, 2.24) is 5.16 Å². The second-order valence-corrected chi connectivity index (χ2v) is 5.98. The second-order valence-electron chi connectivity index (χ2n) is 4.85. The highest BCUT2D eigenvalue weighted by atomic mass is 32.1. The van der Waals surface area contributed by atoms with Crippen LogP contribution < -0.4 is 5.73 Å². The lowest BCUT2D eigenvalue weighted by molar-refractivity contribution is 0.439. The third-order valence-electron chi connectivity index (χ3n) is 3.65. The zero-order chi connectivity index (χ0) is 12.5. The zero-order valence-corrected chi connectivity index (χ0v) is 11.5. The molecular formula is C14H18N2OS. The van der Waals surface area contributed by atoms with Crippen LogP contribution >= 0.6 is 11.3 Å². The van der Waals surface area contributed by atoms with Crippen molar-refractivity contribution in [2.45, 2.75) is 45.4 Å². The fourth-order valence-electron chi connectivity index (χ4n) is 2.64. The molecule has 2 aromatic heterocycles. The van der Waals surface area contributed by atoms with Crippen molar-refractivity contribution in [3.8, 4) is 10.6 Å². The summed E-state index contributed by atoms with van der Waals surface area (Å²) >= 11 is 1.87. The number of fused-ring (bicyclic) bond motifs is 1. The zero-order valence-electron chi connectivity index (χ0n) is 10.7. The van der Waals surface area contributed by atoms with Crippen LogP contribution in [0.3, 0.4) is 0 Å². The van der Waals surface area contributed by atoms with Gasteiger partial charge in [-0.3, -0.25) is 0 Å². The molecule has 0 radical (unpaired) electrons. The third-order valence-corrected chi connectivity index (χ3v) is 4.90. The number of thiophene rings is 1. The topological polar surface area (TPSA) is 52.0 Å². The van der Waals surface area contributed by atoms with E-state index in [0.29, 0.717) is 5.88 Å². The highest BCUT2D eigenvalue weighted by Crippen LogP contribution is 2.37. The van der Waals surface area contributed by atoms with Crippen LogP contribution in [0.15, 0.2) is 10.6 Å². The molecule has 0 unspecified atom stereocenters. The summed E-state index contributed by atoms with van der Waals surface area (Å²) in [5.41, 5.74) is 9.32. The van der Waals surface area contributed by atoms with Gasteiger partial charge in [-0.2, -0.15) is 0 Å². The van der Waals surface area contributed by atoms with Crippen LogP contribution in [0.25, 0.3) is 10.6 Å². The minimum Gasteiger partial charge on any atom is -0.367 e. The van der Waals surface area contributed by atoms with Gasteiger partial charge in [-0.05, 0) is 43.7 Å². The van der Waals surface area contributed by atoms with Crippen molar-refractivity contribution in [3.63, 3.8) is 0 Å². The number of hydrogen-bond donors (Lipinski definition) is 1. The molecule has 0 atom stereocenters. The first-order chi connectivity index (χ1) is 8.79. The summed E-state index contributed by atoms with van der Waals surface area (Å²) in [6.07, 6.45) is 7.27. The average Bonchev–Trinajstić information content (AvgIpc) is 2.87. The average molecular weight is 262 g/mol. The number of rotatable bonds is 2. The molecule has 0 aromatic carbocycles. The Hall–Kier alpha value is -1.29. The summed E-state index contributed by atoms with van der Waals surface area (Å²) in [5, 5.41) is 4.13. The molecule has 0 bridgehead atoms. The quantitative estimate of drug-likeness (QED) is 0.837. The van der Waals surface area contributed by atoms with Crippen LogP contribution in [0.2, 0.25) is 0 Å². The van der Waals surface area contributed by atoms with Gasteiger partial charge >= 0.3 is 0 Å². The van der Waals surface area contributed by atoms with Gasteiger partial charge in [0.05, 0.1) is 4.88 Å². The Morgan fingerprint density at radius 3 is 3.00 bits per heavy atom. The third kappa shape index (κ3) is 1.94. The first kappa shape index (κ1) is 11.8. The smallest absolute Gasteiger partial charge is 0.225 e. The van der Waals surface area contributed by atoms with Crippen molar-refractivity contribution in [3.05, 3.63) is 22.1 Å². The van der Waals surface area contributed by atoms with Gasteiger partial charge in [0.15, 0.2) is 0 Å². The van der Waals surface area contributed by atoms with Gasteiger partial charge in [-0.15, -0.1) is 11.3 Å². The number of aromatic nitrogens is 1. The molecule has 1 aliphatic rings. The molecule has 0 saturated carbocycles. The van der Waals surface area contributed by atoms with Gasteiger partial charge in [-0.1, -0.05) is 18.5 Å². The molecule has 3 rings (SSSR count). The van der Waals surface area contributed by atoms with Crippen LogP contribution in [0.5, 0.6) is 0 Å². The van der Waals surface area contributed by atoms with Crippen LogP contribution in [0.4, 0.5) is 5.88 Å². The van der Waals surface area contributed by atoms with Crippen LogP contribution in [0, 0.1) is 0 Å². The minimum absolute atomic E-state index is 0.469. The van der Waals surface area contributed by atoms with E-state index in [-0.39, 0.29) is 0 Å². The van der Waals surface area contributed by atoms with Crippen LogP contribution in [-0.4, -0.2) is 5.16 Å². The molecule has 3 nitrogen and oxygen atoms in total. The van der Waals surface area contributed by atoms with Gasteiger partial charge in [0, 0.05) is 10.4 Å². The Kier molecular flexibility index (Phi) is 3.12. The van der Waals surface area contributed by atoms with Gasteiger partial charge in [0.2, 0.25) is 5.88 Å². The summed E-state index contributed by atoms with van der Waals surface area (Å²) in [6, 6.07) is 2.29. The molecule has 0 fully saturated rings. The summed E-state index contributed by atoms with van der Waals surface area (Å²) in [4.78, 5) is 2.75. The van der Waals surface area contributed by atoms with E-state index in [1.807, 2.05) is 11.3 Å². The maximum atomic E-state index is 5.81. The highest BCUT2D eigenvalue weighted by molar-refractivity contribution is 7.15. The molecule has 0 amide bonds. The van der Waals surface area contributed by atoms with E-state index in [1.54, 1.807) is 0 Å². The highest BCUT2D eigenvalue weighted by Gasteiger charge is 2.19. The summed E-state index contributed by atoms with van der Waals surface area (Å²) in [5.74, 6) is 0.469. The SMILES string of the molecule is CCc1c(-c2cc3c(s2)CCCCC3)noc1N. The monoisotopic (exact) mass is 262 g/mol. The molecule has 2 aromatic rings. The Morgan fingerprint density at radius 2 is 2.17 bits per heavy atom. The first-order valence-corrected chi connectivity index (χ1v) is 7.47. The van der Waals surface area contributed by atoms with Crippen molar-refractivity contribution in [2.24, 2.45) is 0 Å². The summed E-state index contributed by atoms with van der Waals surface area (Å²) in [7, 11) is 0. The van der Waals surface area contributed by atoms with Crippen molar-refractivity contribution < 1.29 is 4.52 Å². The number of aryl methyl sites for hydroxylation is 2. The minimum atomic E-state index is 0.469. The maximum Gasteiger partial charge on any atom is 0.225 e. The Morgan fingerprint density at radius 1 is 1.33 bits per heavy atom. The molecule has 2 heterocycles. The number of nitrogen functional groups attached to an aromatic ring is 1. The summed E-state index contributed by atoms with van der Waals surface area (Å²) < 4.78 is 5.13. The van der Waals surface area contributed by atoms with Crippen LogP contribution in [-0.2, 0) is 19.3 Å². The lowest BCUT2D eigenvalue weighted by atomic mass is 10.1. The van der Waals surface area contributed by atoms with E-state index < -0.39 is 0 Å². The number of hydrogen-bond acceptors (Lipinski definition) is 4. The second kappa shape index (κ2) is 4.76. The van der Waals surface area contributed by atoms with E-state index in [9.17, 15) is 0 Å². The van der Waals surface area contributed by atoms with Gasteiger partial charge in [-0.25, -0.2) is 0 Å². The lowest BCUT2D eigenvalue weighted by Crippen LogP contribution is -1.88. The van der Waals surface area contributed by atoms with Crippen molar-refractivity contribution in [2.75, 3.05) is 5.73 Å². The van der Waals surface area contributed by atoms with E-state index >= 15 is 0 Å². The molecule has 96 valence electrons. The fourth-order valence-corrected chi connectivity index (χ4v) is 3.90. The van der Waals surface area contributed by atoms with Crippen molar-refractivity contribution in [1.29, 1.82) is 0 Å². The van der Waals surface area contributed by atoms with Crippen LogP contribution in [0.1, 0.15) is 42.2 Å². The van der Waals surface area contributed by atoms with Gasteiger partial charge in [0.25, 0.3) is 0 Å². The van der Waals surface area contributed by atoms with E-state index in [1.165, 1.54) is 47.4 Å². The predicted molar refractivity (Wildman–Crippen MR) is 74.9 cm³/mol. The maximum absolute atomic E-state index is 5.81. The van der Waals surface area contributed by atoms with E-state index in [4.69, 9.17) is 10.3 Å². The molecule has 18 heavy (non-hydrogen) atoms. The molecule has 4 heteroatoms. The fraction of sp³-hybridized carbons (Fsp3) is 0.500. The standard InChI is InChI=1S/C14H18N2OS/c1-2-10-13(16-17-14(10)15)12-8-9-6-4-3-5-7-11(9)18-12/h8H,2-7,15H2,1H3. The van der Waals surface area contributed by atoms with E-state index in [2.05, 4.69) is 18.1 Å². The first-order valence-electron chi connectivity index (χ1n) is 6.65. The number of anilines is 1. The number of nitrogens with zero attached hydrogens (tertiary/aromatic N) is 1. The van der Waals surface area contributed by atoms with Crippen molar-refractivity contribution >= 4 is 17.2 Å². The molecule has 0 aliphatic heterocycles. The summed E-state index contributed by atoms with van der Waals surface area (Å²) in [6.45, 7) is 2.09. The van der Waals surface area contributed by atoms with Gasteiger partial charge in [0.1, 0.15) is 5.69 Å². The normalized spacial score (nSPS) is 15.4. The molecule has 2 N–H and O–H groups in total. The molecular weight excluding hydrogens is 244 g/mol.